The van der Waals surface area contributed by atoms with E-state index in [1.807, 2.05) is 16.9 Å². The Kier molecular flexibility index (Phi) is 8.24. The monoisotopic (exact) mass is 592 g/mol. The van der Waals surface area contributed by atoms with E-state index in [-0.39, 0.29) is 5.02 Å². The summed E-state index contributed by atoms with van der Waals surface area (Å²) >= 11 is 12.6. The van der Waals surface area contributed by atoms with Gasteiger partial charge in [0.25, 0.3) is 0 Å². The smallest absolute Gasteiger partial charge is 0.141 e. The molecule has 2 aliphatic rings. The molecule has 212 valence electrons. The first kappa shape index (κ1) is 27.7. The van der Waals surface area contributed by atoms with Gasteiger partial charge in [-0.1, -0.05) is 34.8 Å². The fourth-order valence-corrected chi connectivity index (χ4v) is 6.14. The van der Waals surface area contributed by atoms with E-state index >= 15 is 0 Å². The van der Waals surface area contributed by atoms with Crippen LogP contribution >= 0.6 is 23.2 Å². The lowest BCUT2D eigenvalue weighted by atomic mass is 9.87. The number of halogens is 3. The van der Waals surface area contributed by atoms with Crippen LogP contribution in [0.3, 0.4) is 0 Å². The lowest BCUT2D eigenvalue weighted by Crippen LogP contribution is -2.44. The van der Waals surface area contributed by atoms with Crippen molar-refractivity contribution in [2.75, 3.05) is 23.7 Å². The molecule has 0 spiro atoms. The number of aryl methyl sites for hydroxylation is 1. The van der Waals surface area contributed by atoms with Gasteiger partial charge in [0.05, 0.1) is 39.6 Å². The van der Waals surface area contributed by atoms with Crippen LogP contribution in [0.4, 0.5) is 21.5 Å². The molecule has 3 heterocycles. The molecule has 0 amide bonds. The molecule has 2 fully saturated rings. The molecule has 0 unspecified atom stereocenters. The number of hydrogen-bond acceptors (Lipinski definition) is 7. The average Bonchev–Trinajstić information content (AvgIpc) is 3.41. The molecule has 4 aromatic rings. The first-order valence-electron chi connectivity index (χ1n) is 14.1. The molecular formula is C30H31Cl2FN8. The first-order chi connectivity index (χ1) is 20.0. The fourth-order valence-electron chi connectivity index (χ4n) is 5.69. The van der Waals surface area contributed by atoms with Gasteiger partial charge >= 0.3 is 0 Å². The van der Waals surface area contributed by atoms with Crippen molar-refractivity contribution in [3.8, 4) is 6.07 Å². The number of nitriles is 1. The molecule has 8 nitrogen and oxygen atoms in total. The van der Waals surface area contributed by atoms with Crippen LogP contribution in [0, 0.1) is 23.1 Å². The number of benzene rings is 2. The van der Waals surface area contributed by atoms with E-state index in [0.29, 0.717) is 39.4 Å². The summed E-state index contributed by atoms with van der Waals surface area (Å²) in [6.45, 7) is 3.80. The molecule has 11 heteroatoms. The lowest BCUT2D eigenvalue weighted by molar-refractivity contribution is 0.0814. The molecule has 0 bridgehead atoms. The molecule has 0 radical (unpaired) electrons. The van der Waals surface area contributed by atoms with Gasteiger partial charge in [-0.15, -0.1) is 5.10 Å². The average molecular weight is 594 g/mol. The number of hydrogen-bond donors (Lipinski definition) is 2. The molecule has 2 aromatic heterocycles. The van der Waals surface area contributed by atoms with Crippen molar-refractivity contribution < 1.29 is 4.39 Å². The number of aromatic nitrogens is 4. The van der Waals surface area contributed by atoms with Gasteiger partial charge in [0, 0.05) is 35.5 Å². The summed E-state index contributed by atoms with van der Waals surface area (Å²) < 4.78 is 15.6. The van der Waals surface area contributed by atoms with Crippen molar-refractivity contribution in [2.45, 2.75) is 57.7 Å². The number of rotatable bonds is 9. The van der Waals surface area contributed by atoms with Gasteiger partial charge < -0.3 is 15.5 Å². The number of nitrogens with one attached hydrogen (secondary N) is 2. The van der Waals surface area contributed by atoms with Crippen LogP contribution in [-0.4, -0.2) is 44.0 Å². The van der Waals surface area contributed by atoms with Crippen molar-refractivity contribution in [2.24, 2.45) is 5.92 Å². The van der Waals surface area contributed by atoms with Gasteiger partial charge in [-0.05, 0) is 81.4 Å². The number of fused-ring (bicyclic) bond motifs is 1. The van der Waals surface area contributed by atoms with Gasteiger partial charge in [-0.2, -0.15) is 5.26 Å². The number of pyridine rings is 1. The van der Waals surface area contributed by atoms with E-state index in [1.54, 1.807) is 12.1 Å². The summed E-state index contributed by atoms with van der Waals surface area (Å²) in [6.07, 6.45) is 11.3. The van der Waals surface area contributed by atoms with E-state index in [1.165, 1.54) is 63.5 Å². The van der Waals surface area contributed by atoms with Crippen LogP contribution in [0.15, 0.2) is 42.7 Å². The summed E-state index contributed by atoms with van der Waals surface area (Å²) in [7, 11) is 0. The Bertz CT molecular complexity index is 1590. The Labute approximate surface area is 248 Å². The molecule has 1 aliphatic heterocycles. The molecule has 2 aromatic carbocycles. The maximum atomic E-state index is 13.7. The van der Waals surface area contributed by atoms with Crippen LogP contribution in [0.1, 0.15) is 49.8 Å². The largest absolute Gasteiger partial charge is 0.379 e. The molecule has 0 atom stereocenters. The molecule has 1 aliphatic carbocycles. The quantitative estimate of drug-likeness (QED) is 0.213. The minimum atomic E-state index is -0.520. The van der Waals surface area contributed by atoms with Gasteiger partial charge in [0.2, 0.25) is 0 Å². The summed E-state index contributed by atoms with van der Waals surface area (Å²) in [5.41, 5.74) is 3.47. The predicted molar refractivity (Wildman–Crippen MR) is 160 cm³/mol. The van der Waals surface area contributed by atoms with E-state index in [2.05, 4.69) is 36.9 Å². The summed E-state index contributed by atoms with van der Waals surface area (Å²) in [5, 5.41) is 26.0. The van der Waals surface area contributed by atoms with Crippen LogP contribution in [0.2, 0.25) is 10.0 Å². The SMILES string of the molecule is N#Cc1cnc2c(Cl)cc(NCc3cn(CCC4CCN(C5CCC5)CC4)nn3)cc2c1Nc1ccc(F)c(Cl)c1. The van der Waals surface area contributed by atoms with E-state index in [0.717, 1.165) is 36.3 Å². The Morgan fingerprint density at radius 2 is 1.85 bits per heavy atom. The molecular weight excluding hydrogens is 562 g/mol. The molecule has 41 heavy (non-hydrogen) atoms. The third-order valence-corrected chi connectivity index (χ3v) is 8.88. The van der Waals surface area contributed by atoms with E-state index < -0.39 is 5.82 Å². The topological polar surface area (TPSA) is 94.7 Å². The third kappa shape index (κ3) is 6.25. The highest BCUT2D eigenvalue weighted by atomic mass is 35.5. The van der Waals surface area contributed by atoms with Gasteiger partial charge in [0.15, 0.2) is 0 Å². The standard InChI is InChI=1S/C30H31Cl2FN8/c31-26-13-21(4-5-28(26)33)37-29-20(15-34)16-36-30-25(29)12-22(14-27(30)32)35-17-23-18-41(39-38-23)11-8-19-6-9-40(10-7-19)24-2-1-3-24/h4-5,12-14,16,18-19,24,35H,1-3,6-11,17H2,(H,36,37). The number of likely N-dealkylation sites (tertiary alicyclic amines) is 1. The highest BCUT2D eigenvalue weighted by Crippen LogP contribution is 2.36. The van der Waals surface area contributed by atoms with Gasteiger partial charge in [-0.25, -0.2) is 4.39 Å². The van der Waals surface area contributed by atoms with E-state index in [4.69, 9.17) is 23.2 Å². The summed E-state index contributed by atoms with van der Waals surface area (Å²) in [5.74, 6) is 0.228. The lowest BCUT2D eigenvalue weighted by Gasteiger charge is -2.41. The maximum Gasteiger partial charge on any atom is 0.141 e. The predicted octanol–water partition coefficient (Wildman–Crippen LogP) is 7.15. The Hall–Kier alpha value is -3.45. The second-order valence-electron chi connectivity index (χ2n) is 10.9. The van der Waals surface area contributed by atoms with Crippen LogP contribution < -0.4 is 10.6 Å². The van der Waals surface area contributed by atoms with Crippen molar-refractivity contribution in [1.82, 2.24) is 24.9 Å². The maximum absolute atomic E-state index is 13.7. The second-order valence-corrected chi connectivity index (χ2v) is 11.8. The fraction of sp³-hybridized carbons (Fsp3) is 0.400. The number of piperidine rings is 1. The highest BCUT2D eigenvalue weighted by molar-refractivity contribution is 6.36. The van der Waals surface area contributed by atoms with Gasteiger partial charge in [0.1, 0.15) is 17.6 Å². The van der Waals surface area contributed by atoms with Crippen LogP contribution in [0.25, 0.3) is 10.9 Å². The zero-order valence-electron chi connectivity index (χ0n) is 22.6. The number of nitrogens with zero attached hydrogens (tertiary/aromatic N) is 6. The van der Waals surface area contributed by atoms with E-state index in [9.17, 15) is 9.65 Å². The Morgan fingerprint density at radius 3 is 2.59 bits per heavy atom. The third-order valence-electron chi connectivity index (χ3n) is 8.30. The molecule has 1 saturated carbocycles. The van der Waals surface area contributed by atoms with Crippen molar-refractivity contribution in [3.63, 3.8) is 0 Å². The zero-order chi connectivity index (χ0) is 28.3. The summed E-state index contributed by atoms with van der Waals surface area (Å²) in [4.78, 5) is 7.08. The van der Waals surface area contributed by atoms with Crippen molar-refractivity contribution in [3.05, 3.63) is 69.8 Å². The van der Waals surface area contributed by atoms with Crippen LogP contribution in [-0.2, 0) is 13.1 Å². The Morgan fingerprint density at radius 1 is 1.05 bits per heavy atom. The van der Waals surface area contributed by atoms with Crippen molar-refractivity contribution in [1.29, 1.82) is 5.26 Å². The molecule has 2 N–H and O–H groups in total. The highest BCUT2D eigenvalue weighted by Gasteiger charge is 2.28. The normalized spacial score (nSPS) is 16.4. The van der Waals surface area contributed by atoms with Crippen molar-refractivity contribution >= 4 is 51.2 Å². The first-order valence-corrected chi connectivity index (χ1v) is 14.8. The minimum Gasteiger partial charge on any atom is -0.379 e. The minimum absolute atomic E-state index is 0.0189. The van der Waals surface area contributed by atoms with Crippen LogP contribution in [0.5, 0.6) is 0 Å². The Balaban J connectivity index is 1.11. The summed E-state index contributed by atoms with van der Waals surface area (Å²) in [6, 6.07) is 11.0. The molecule has 1 saturated heterocycles. The number of anilines is 3. The molecule has 6 rings (SSSR count). The van der Waals surface area contributed by atoms with Gasteiger partial charge in [-0.3, -0.25) is 9.67 Å². The zero-order valence-corrected chi connectivity index (χ0v) is 24.1. The second kappa shape index (κ2) is 12.2.